The summed E-state index contributed by atoms with van der Waals surface area (Å²) < 4.78 is 29.9. The standard InChI is InChI=1S/C20H29ClN2O4S/c1-3-28(25,26)19-11-16(18(27-2)12-17(19)21)20(24)22-13-15-9-6-10-23(15)14-7-4-5-8-14/h11-12,14-15H,3-10,13H2,1-2H3,(H,22,24). The van der Waals surface area contributed by atoms with Gasteiger partial charge in [-0.25, -0.2) is 8.42 Å². The SMILES string of the molecule is CCS(=O)(=O)c1cc(C(=O)NCC2CCCN2C2CCCC2)c(OC)cc1Cl. The van der Waals surface area contributed by atoms with Crippen molar-refractivity contribution in [1.82, 2.24) is 10.2 Å². The third-order valence-electron chi connectivity index (χ3n) is 5.93. The van der Waals surface area contributed by atoms with E-state index in [9.17, 15) is 13.2 Å². The fraction of sp³-hybridized carbons (Fsp3) is 0.650. The Kier molecular flexibility index (Phi) is 6.89. The lowest BCUT2D eigenvalue weighted by Gasteiger charge is -2.30. The molecule has 1 saturated carbocycles. The van der Waals surface area contributed by atoms with Crippen molar-refractivity contribution in [2.24, 2.45) is 0 Å². The quantitative estimate of drug-likeness (QED) is 0.721. The molecule has 1 heterocycles. The molecule has 1 unspecified atom stereocenters. The average Bonchev–Trinajstić information content (AvgIpc) is 3.36. The number of methoxy groups -OCH3 is 1. The predicted molar refractivity (Wildman–Crippen MR) is 110 cm³/mol. The molecule has 1 amide bonds. The number of carbonyl (C=O) groups excluding carboxylic acids is 1. The second-order valence-electron chi connectivity index (χ2n) is 7.57. The van der Waals surface area contributed by atoms with Gasteiger partial charge in [0.05, 0.1) is 28.3 Å². The molecule has 6 nitrogen and oxygen atoms in total. The number of ether oxygens (including phenoxy) is 1. The van der Waals surface area contributed by atoms with E-state index < -0.39 is 9.84 Å². The van der Waals surface area contributed by atoms with Crippen LogP contribution < -0.4 is 10.1 Å². The Labute approximate surface area is 172 Å². The van der Waals surface area contributed by atoms with Crippen LogP contribution in [0.2, 0.25) is 5.02 Å². The van der Waals surface area contributed by atoms with Crippen molar-refractivity contribution in [1.29, 1.82) is 0 Å². The van der Waals surface area contributed by atoms with Gasteiger partial charge in [-0.05, 0) is 38.3 Å². The Morgan fingerprint density at radius 3 is 2.61 bits per heavy atom. The maximum Gasteiger partial charge on any atom is 0.255 e. The van der Waals surface area contributed by atoms with Crippen LogP contribution in [-0.2, 0) is 9.84 Å². The number of amides is 1. The summed E-state index contributed by atoms with van der Waals surface area (Å²) in [6, 6.07) is 3.71. The smallest absolute Gasteiger partial charge is 0.255 e. The number of rotatable bonds is 7. The lowest BCUT2D eigenvalue weighted by atomic mass is 10.1. The van der Waals surface area contributed by atoms with Crippen molar-refractivity contribution in [2.75, 3.05) is 26.0 Å². The van der Waals surface area contributed by atoms with E-state index in [0.717, 1.165) is 19.4 Å². The van der Waals surface area contributed by atoms with Crippen molar-refractivity contribution in [2.45, 2.75) is 62.4 Å². The molecule has 1 N–H and O–H groups in total. The van der Waals surface area contributed by atoms with E-state index >= 15 is 0 Å². The van der Waals surface area contributed by atoms with E-state index in [1.165, 1.54) is 44.9 Å². The summed E-state index contributed by atoms with van der Waals surface area (Å²) in [6.07, 6.45) is 7.29. The fourth-order valence-electron chi connectivity index (χ4n) is 4.37. The van der Waals surface area contributed by atoms with E-state index in [-0.39, 0.29) is 32.9 Å². The average molecular weight is 429 g/mol. The molecule has 1 aromatic carbocycles. The minimum atomic E-state index is -3.54. The number of hydrogen-bond donors (Lipinski definition) is 1. The van der Waals surface area contributed by atoms with Crippen LogP contribution >= 0.6 is 11.6 Å². The Hall–Kier alpha value is -1.31. The molecule has 0 bridgehead atoms. The maximum absolute atomic E-state index is 12.8. The van der Waals surface area contributed by atoms with Gasteiger partial charge in [-0.15, -0.1) is 0 Å². The molecule has 0 radical (unpaired) electrons. The van der Waals surface area contributed by atoms with Gasteiger partial charge in [-0.2, -0.15) is 0 Å². The first-order chi connectivity index (χ1) is 13.4. The number of hydrogen-bond acceptors (Lipinski definition) is 5. The number of likely N-dealkylation sites (tertiary alicyclic amines) is 1. The summed E-state index contributed by atoms with van der Waals surface area (Å²) in [5.74, 6) is -0.144. The Balaban J connectivity index is 1.75. The van der Waals surface area contributed by atoms with Gasteiger partial charge in [-0.1, -0.05) is 31.4 Å². The lowest BCUT2D eigenvalue weighted by molar-refractivity contribution is 0.0928. The van der Waals surface area contributed by atoms with Gasteiger partial charge in [0, 0.05) is 24.7 Å². The molecule has 1 aliphatic carbocycles. The molecule has 1 aromatic rings. The zero-order valence-electron chi connectivity index (χ0n) is 16.5. The number of nitrogens with zero attached hydrogens (tertiary/aromatic N) is 1. The van der Waals surface area contributed by atoms with Gasteiger partial charge < -0.3 is 10.1 Å². The van der Waals surface area contributed by atoms with Gasteiger partial charge in [0.15, 0.2) is 9.84 Å². The zero-order valence-corrected chi connectivity index (χ0v) is 18.1. The largest absolute Gasteiger partial charge is 0.496 e. The van der Waals surface area contributed by atoms with Crippen LogP contribution in [0.4, 0.5) is 0 Å². The first-order valence-electron chi connectivity index (χ1n) is 10.0. The van der Waals surface area contributed by atoms with E-state index in [1.54, 1.807) is 6.92 Å². The summed E-state index contributed by atoms with van der Waals surface area (Å²) >= 11 is 6.12. The van der Waals surface area contributed by atoms with E-state index in [1.807, 2.05) is 0 Å². The minimum Gasteiger partial charge on any atom is -0.496 e. The van der Waals surface area contributed by atoms with Crippen LogP contribution in [0.25, 0.3) is 0 Å². The highest BCUT2D eigenvalue weighted by Gasteiger charge is 2.32. The monoisotopic (exact) mass is 428 g/mol. The highest BCUT2D eigenvalue weighted by atomic mass is 35.5. The zero-order chi connectivity index (χ0) is 20.3. The Morgan fingerprint density at radius 1 is 1.25 bits per heavy atom. The Bertz CT molecular complexity index is 822. The van der Waals surface area contributed by atoms with Crippen LogP contribution in [0.5, 0.6) is 5.75 Å². The first-order valence-corrected chi connectivity index (χ1v) is 12.0. The lowest BCUT2D eigenvalue weighted by Crippen LogP contribution is -2.44. The summed E-state index contributed by atoms with van der Waals surface area (Å²) in [5.41, 5.74) is 0.198. The third kappa shape index (κ3) is 4.47. The number of halogens is 1. The molecule has 28 heavy (non-hydrogen) atoms. The second-order valence-corrected chi connectivity index (χ2v) is 10.2. The molecule has 156 valence electrons. The van der Waals surface area contributed by atoms with Crippen LogP contribution in [0.3, 0.4) is 0 Å². The maximum atomic E-state index is 12.8. The topological polar surface area (TPSA) is 75.7 Å². The molecule has 2 fully saturated rings. The van der Waals surface area contributed by atoms with Crippen LogP contribution in [-0.4, -0.2) is 57.3 Å². The van der Waals surface area contributed by atoms with E-state index in [0.29, 0.717) is 18.6 Å². The van der Waals surface area contributed by atoms with Crippen molar-refractivity contribution in [3.8, 4) is 5.75 Å². The van der Waals surface area contributed by atoms with Crippen molar-refractivity contribution >= 4 is 27.3 Å². The van der Waals surface area contributed by atoms with Gasteiger partial charge >= 0.3 is 0 Å². The van der Waals surface area contributed by atoms with Gasteiger partial charge in [0.1, 0.15) is 5.75 Å². The fourth-order valence-corrected chi connectivity index (χ4v) is 5.85. The van der Waals surface area contributed by atoms with Gasteiger partial charge in [0.2, 0.25) is 0 Å². The van der Waals surface area contributed by atoms with Crippen LogP contribution in [0.15, 0.2) is 17.0 Å². The highest BCUT2D eigenvalue weighted by Crippen LogP contribution is 2.32. The predicted octanol–water partition coefficient (Wildman–Crippen LogP) is 3.28. The normalized spacial score (nSPS) is 21.2. The van der Waals surface area contributed by atoms with Crippen LogP contribution in [0, 0.1) is 0 Å². The molecular weight excluding hydrogens is 400 g/mol. The van der Waals surface area contributed by atoms with Gasteiger partial charge in [0.25, 0.3) is 5.91 Å². The second kappa shape index (κ2) is 9.01. The molecule has 1 saturated heterocycles. The summed E-state index contributed by atoms with van der Waals surface area (Å²) in [4.78, 5) is 15.3. The summed E-state index contributed by atoms with van der Waals surface area (Å²) in [5, 5.41) is 3.05. The molecule has 3 rings (SSSR count). The molecule has 0 aromatic heterocycles. The van der Waals surface area contributed by atoms with Gasteiger partial charge in [-0.3, -0.25) is 9.69 Å². The summed E-state index contributed by atoms with van der Waals surface area (Å²) in [7, 11) is -2.10. The number of sulfone groups is 1. The van der Waals surface area contributed by atoms with E-state index in [2.05, 4.69) is 10.2 Å². The number of benzene rings is 1. The molecule has 0 spiro atoms. The molecular formula is C20H29ClN2O4S. The molecule has 2 aliphatic rings. The number of nitrogens with one attached hydrogen (secondary N) is 1. The minimum absolute atomic E-state index is 0.0314. The molecule has 1 atom stereocenters. The number of carbonyl (C=O) groups is 1. The third-order valence-corrected chi connectivity index (χ3v) is 8.12. The van der Waals surface area contributed by atoms with Crippen molar-refractivity contribution < 1.29 is 17.9 Å². The Morgan fingerprint density at radius 2 is 1.96 bits per heavy atom. The van der Waals surface area contributed by atoms with E-state index in [4.69, 9.17) is 16.3 Å². The van der Waals surface area contributed by atoms with Crippen molar-refractivity contribution in [3.05, 3.63) is 22.7 Å². The molecule has 1 aliphatic heterocycles. The summed E-state index contributed by atoms with van der Waals surface area (Å²) in [6.45, 7) is 3.19. The molecule has 8 heteroatoms. The first kappa shape index (κ1) is 21.4. The van der Waals surface area contributed by atoms with Crippen molar-refractivity contribution in [3.63, 3.8) is 0 Å². The van der Waals surface area contributed by atoms with Crippen LogP contribution in [0.1, 0.15) is 55.8 Å². The highest BCUT2D eigenvalue weighted by molar-refractivity contribution is 7.91.